The number of fused-ring (bicyclic) bond motifs is 4. The molecule has 2 aliphatic heterocycles. The fraction of sp³-hybridized carbons (Fsp3) is 0.217. The minimum atomic E-state index is -0.482. The molecule has 2 aliphatic rings. The monoisotopic (exact) mass is 372 g/mol. The van der Waals surface area contributed by atoms with Crippen LogP contribution in [0.15, 0.2) is 54.6 Å². The van der Waals surface area contributed by atoms with E-state index >= 15 is 0 Å². The summed E-state index contributed by atoms with van der Waals surface area (Å²) in [5, 5.41) is 1.06. The van der Waals surface area contributed by atoms with E-state index in [1.54, 1.807) is 0 Å². The standard InChI is InChI=1S/C23H20N2O3/c1-14-7-9-15(10-8-14)11-19-21-17(12-16-5-3-4-6-18(16)24-21)22-25(19)20(13-28-22)23(26)27-2/h3-12,20,22H,13H2,1-2H3/b19-11-/t20-,22-/m0/s1. The number of nitrogens with zero attached hydrogens (tertiary/aromatic N) is 2. The molecule has 1 saturated heterocycles. The maximum Gasteiger partial charge on any atom is 0.331 e. The van der Waals surface area contributed by atoms with E-state index in [0.717, 1.165) is 33.4 Å². The molecule has 0 aliphatic carbocycles. The molecule has 0 N–H and O–H groups in total. The van der Waals surface area contributed by atoms with Crippen LogP contribution < -0.4 is 0 Å². The summed E-state index contributed by atoms with van der Waals surface area (Å²) in [6.45, 7) is 2.36. The van der Waals surface area contributed by atoms with E-state index < -0.39 is 6.04 Å². The fourth-order valence-electron chi connectivity index (χ4n) is 3.97. The molecule has 28 heavy (non-hydrogen) atoms. The van der Waals surface area contributed by atoms with E-state index in [9.17, 15) is 4.79 Å². The zero-order valence-corrected chi connectivity index (χ0v) is 15.8. The van der Waals surface area contributed by atoms with Gasteiger partial charge in [0.05, 0.1) is 30.6 Å². The van der Waals surface area contributed by atoms with Crippen LogP contribution in [-0.4, -0.2) is 35.6 Å². The minimum Gasteiger partial charge on any atom is -0.467 e. The Bertz CT molecular complexity index is 1100. The lowest BCUT2D eigenvalue weighted by atomic mass is 10.1. The van der Waals surface area contributed by atoms with Crippen LogP contribution in [0.25, 0.3) is 22.7 Å². The van der Waals surface area contributed by atoms with E-state index in [0.29, 0.717) is 6.61 Å². The first-order chi connectivity index (χ1) is 13.7. The molecule has 2 atom stereocenters. The van der Waals surface area contributed by atoms with Gasteiger partial charge in [0.15, 0.2) is 12.3 Å². The summed E-state index contributed by atoms with van der Waals surface area (Å²) >= 11 is 0. The molecular formula is C23H20N2O3. The SMILES string of the molecule is COC(=O)[C@@H]1CO[C@H]2c3cc4ccccc4nc3/C(=C/c3ccc(C)cc3)N12. The molecule has 140 valence electrons. The number of hydrogen-bond donors (Lipinski definition) is 0. The summed E-state index contributed by atoms with van der Waals surface area (Å²) in [6, 6.07) is 17.9. The average molecular weight is 372 g/mol. The van der Waals surface area contributed by atoms with Crippen LogP contribution in [0, 0.1) is 6.92 Å². The molecule has 5 heteroatoms. The van der Waals surface area contributed by atoms with E-state index in [1.807, 2.05) is 29.2 Å². The van der Waals surface area contributed by atoms with Crippen LogP contribution in [0.2, 0.25) is 0 Å². The summed E-state index contributed by atoms with van der Waals surface area (Å²) < 4.78 is 11.0. The molecule has 0 spiro atoms. The summed E-state index contributed by atoms with van der Waals surface area (Å²) in [6.07, 6.45) is 1.75. The van der Waals surface area contributed by atoms with Crippen LogP contribution >= 0.6 is 0 Å². The van der Waals surface area contributed by atoms with Gasteiger partial charge in [0.1, 0.15) is 0 Å². The summed E-state index contributed by atoms with van der Waals surface area (Å²) in [7, 11) is 1.41. The topological polar surface area (TPSA) is 51.7 Å². The van der Waals surface area contributed by atoms with Crippen molar-refractivity contribution in [3.8, 4) is 0 Å². The lowest BCUT2D eigenvalue weighted by molar-refractivity contribution is -0.144. The van der Waals surface area contributed by atoms with Crippen molar-refractivity contribution in [1.29, 1.82) is 0 Å². The van der Waals surface area contributed by atoms with Crippen LogP contribution in [0.1, 0.15) is 28.6 Å². The molecule has 3 aromatic rings. The van der Waals surface area contributed by atoms with Gasteiger partial charge in [-0.2, -0.15) is 0 Å². The lowest BCUT2D eigenvalue weighted by Gasteiger charge is -2.23. The number of methoxy groups -OCH3 is 1. The number of aromatic nitrogens is 1. The zero-order valence-electron chi connectivity index (χ0n) is 15.8. The molecule has 5 rings (SSSR count). The van der Waals surface area contributed by atoms with Gasteiger partial charge in [-0.1, -0.05) is 48.0 Å². The molecule has 0 saturated carbocycles. The van der Waals surface area contributed by atoms with Gasteiger partial charge in [0.2, 0.25) is 0 Å². The molecule has 0 radical (unpaired) electrons. The van der Waals surface area contributed by atoms with Gasteiger partial charge in [-0.25, -0.2) is 9.78 Å². The number of aryl methyl sites for hydroxylation is 1. The molecule has 0 amide bonds. The maximum atomic E-state index is 12.4. The van der Waals surface area contributed by atoms with Gasteiger partial charge >= 0.3 is 5.97 Å². The first-order valence-electron chi connectivity index (χ1n) is 9.32. The van der Waals surface area contributed by atoms with Crippen molar-refractivity contribution in [1.82, 2.24) is 9.88 Å². The Morgan fingerprint density at radius 3 is 2.79 bits per heavy atom. The predicted octanol–water partition coefficient (Wildman–Crippen LogP) is 3.93. The Balaban J connectivity index is 1.70. The number of carbonyl (C=O) groups is 1. The molecule has 5 nitrogen and oxygen atoms in total. The maximum absolute atomic E-state index is 12.4. The number of ether oxygens (including phenoxy) is 2. The fourth-order valence-corrected chi connectivity index (χ4v) is 3.97. The second kappa shape index (κ2) is 6.46. The van der Waals surface area contributed by atoms with E-state index in [4.69, 9.17) is 14.5 Å². The first-order valence-corrected chi connectivity index (χ1v) is 9.32. The van der Waals surface area contributed by atoms with Crippen LogP contribution in [0.4, 0.5) is 0 Å². The van der Waals surface area contributed by atoms with Gasteiger partial charge in [0, 0.05) is 10.9 Å². The summed E-state index contributed by atoms with van der Waals surface area (Å²) in [5.74, 6) is -0.297. The van der Waals surface area contributed by atoms with Crippen molar-refractivity contribution in [3.05, 3.63) is 77.0 Å². The Labute approximate surface area is 163 Å². The number of para-hydroxylation sites is 1. The second-order valence-electron chi connectivity index (χ2n) is 7.19. The van der Waals surface area contributed by atoms with E-state index in [-0.39, 0.29) is 12.2 Å². The van der Waals surface area contributed by atoms with Crippen LogP contribution in [0.3, 0.4) is 0 Å². The highest BCUT2D eigenvalue weighted by Crippen LogP contribution is 2.47. The number of esters is 1. The molecule has 2 aromatic carbocycles. The lowest BCUT2D eigenvalue weighted by Crippen LogP contribution is -2.36. The highest BCUT2D eigenvalue weighted by atomic mass is 16.5. The van der Waals surface area contributed by atoms with Gasteiger partial charge in [-0.3, -0.25) is 0 Å². The second-order valence-corrected chi connectivity index (χ2v) is 7.19. The third-order valence-corrected chi connectivity index (χ3v) is 5.39. The van der Waals surface area contributed by atoms with Gasteiger partial charge in [-0.05, 0) is 30.7 Å². The van der Waals surface area contributed by atoms with E-state index in [1.165, 1.54) is 12.7 Å². The number of hydrogen-bond acceptors (Lipinski definition) is 5. The molecule has 3 heterocycles. The van der Waals surface area contributed by atoms with Crippen molar-refractivity contribution < 1.29 is 14.3 Å². The van der Waals surface area contributed by atoms with Crippen molar-refractivity contribution in [2.24, 2.45) is 0 Å². The Morgan fingerprint density at radius 1 is 1.21 bits per heavy atom. The number of rotatable bonds is 2. The average Bonchev–Trinajstić information content (AvgIpc) is 3.27. The predicted molar refractivity (Wildman–Crippen MR) is 107 cm³/mol. The minimum absolute atomic E-state index is 0.297. The summed E-state index contributed by atoms with van der Waals surface area (Å²) in [4.78, 5) is 19.3. The molecule has 1 fully saturated rings. The van der Waals surface area contributed by atoms with Gasteiger partial charge in [0.25, 0.3) is 0 Å². The Hall–Kier alpha value is -3.18. The third kappa shape index (κ3) is 2.59. The number of benzene rings is 2. The number of pyridine rings is 1. The quantitative estimate of drug-likeness (QED) is 0.638. The van der Waals surface area contributed by atoms with Crippen molar-refractivity contribution in [2.75, 3.05) is 13.7 Å². The van der Waals surface area contributed by atoms with Crippen molar-refractivity contribution in [2.45, 2.75) is 19.2 Å². The van der Waals surface area contributed by atoms with Gasteiger partial charge < -0.3 is 14.4 Å². The molecule has 0 bridgehead atoms. The first kappa shape index (κ1) is 17.0. The van der Waals surface area contributed by atoms with Gasteiger partial charge in [-0.15, -0.1) is 0 Å². The smallest absolute Gasteiger partial charge is 0.331 e. The molecular weight excluding hydrogens is 352 g/mol. The van der Waals surface area contributed by atoms with Crippen molar-refractivity contribution >= 4 is 28.6 Å². The highest BCUT2D eigenvalue weighted by Gasteiger charge is 2.48. The third-order valence-electron chi connectivity index (χ3n) is 5.39. The number of carbonyl (C=O) groups excluding carboxylic acids is 1. The summed E-state index contributed by atoms with van der Waals surface area (Å²) in [5.41, 5.74) is 5.92. The van der Waals surface area contributed by atoms with Crippen molar-refractivity contribution in [3.63, 3.8) is 0 Å². The normalized spacial score (nSPS) is 21.8. The largest absolute Gasteiger partial charge is 0.467 e. The molecule has 0 unspecified atom stereocenters. The molecule has 1 aromatic heterocycles. The Kier molecular flexibility index (Phi) is 3.91. The van der Waals surface area contributed by atoms with E-state index in [2.05, 4.69) is 43.3 Å². The Morgan fingerprint density at radius 2 is 2.00 bits per heavy atom. The zero-order chi connectivity index (χ0) is 19.3. The van der Waals surface area contributed by atoms with Crippen LogP contribution in [-0.2, 0) is 14.3 Å². The van der Waals surface area contributed by atoms with Crippen LogP contribution in [0.5, 0.6) is 0 Å². The highest BCUT2D eigenvalue weighted by molar-refractivity contribution is 5.91.